The van der Waals surface area contributed by atoms with Crippen LogP contribution in [0.15, 0.2) is 66.7 Å². The van der Waals surface area contributed by atoms with Crippen molar-refractivity contribution in [1.29, 1.82) is 0 Å². The molecule has 3 aromatic carbocycles. The summed E-state index contributed by atoms with van der Waals surface area (Å²) in [6.07, 6.45) is 0. The molecule has 6 heteroatoms. The van der Waals surface area contributed by atoms with Crippen LogP contribution in [0.2, 0.25) is 0 Å². The Bertz CT molecular complexity index is 1100. The molecule has 0 saturated carbocycles. The fourth-order valence-corrected chi connectivity index (χ4v) is 3.16. The largest absolute Gasteiger partial charge is 0.322 e. The fourth-order valence-electron chi connectivity index (χ4n) is 2.62. The van der Waals surface area contributed by atoms with E-state index in [1.165, 1.54) is 5.56 Å². The molecule has 4 rings (SSSR count). The lowest BCUT2D eigenvalue weighted by Gasteiger charge is -2.05. The highest BCUT2D eigenvalue weighted by atomic mass is 127. The number of nitrogens with zero attached hydrogens (tertiary/aromatic N) is 3. The molecule has 0 aliphatic carbocycles. The van der Waals surface area contributed by atoms with Crippen molar-refractivity contribution in [3.63, 3.8) is 0 Å². The Kier molecular flexibility index (Phi) is 4.42. The zero-order valence-electron chi connectivity index (χ0n) is 14.0. The molecule has 0 spiro atoms. The van der Waals surface area contributed by atoms with Gasteiger partial charge in [-0.05, 0) is 78.0 Å². The minimum atomic E-state index is -0.145. The van der Waals surface area contributed by atoms with E-state index < -0.39 is 0 Å². The van der Waals surface area contributed by atoms with Crippen molar-refractivity contribution in [2.75, 3.05) is 5.32 Å². The van der Waals surface area contributed by atoms with E-state index in [0.29, 0.717) is 11.3 Å². The molecule has 1 aromatic heterocycles. The maximum Gasteiger partial charge on any atom is 0.255 e. The van der Waals surface area contributed by atoms with E-state index in [1.807, 2.05) is 67.6 Å². The van der Waals surface area contributed by atoms with Gasteiger partial charge in [0.15, 0.2) is 0 Å². The number of aromatic nitrogens is 3. The summed E-state index contributed by atoms with van der Waals surface area (Å²) in [5.41, 5.74) is 4.91. The van der Waals surface area contributed by atoms with Gasteiger partial charge in [0.1, 0.15) is 11.0 Å². The monoisotopic (exact) mass is 454 g/mol. The summed E-state index contributed by atoms with van der Waals surface area (Å²) >= 11 is 2.19. The molecule has 0 radical (unpaired) electrons. The van der Waals surface area contributed by atoms with Gasteiger partial charge in [-0.25, -0.2) is 0 Å². The van der Waals surface area contributed by atoms with Crippen LogP contribution in [-0.4, -0.2) is 20.9 Å². The number of fused-ring (bicyclic) bond motifs is 1. The number of amides is 1. The van der Waals surface area contributed by atoms with Gasteiger partial charge < -0.3 is 5.32 Å². The predicted octanol–water partition coefficient (Wildman–Crippen LogP) is 4.59. The molecule has 1 N–H and O–H groups in total. The summed E-state index contributed by atoms with van der Waals surface area (Å²) in [6.45, 7) is 2.04. The number of benzene rings is 3. The van der Waals surface area contributed by atoms with E-state index in [9.17, 15) is 4.79 Å². The third-order valence-electron chi connectivity index (χ3n) is 3.99. The van der Waals surface area contributed by atoms with Gasteiger partial charge in [-0.3, -0.25) is 4.79 Å². The van der Waals surface area contributed by atoms with Crippen molar-refractivity contribution in [1.82, 2.24) is 15.0 Å². The standard InChI is InChI=1S/C20H15IN4O/c1-13-5-8-17(9-6-13)25-23-18-10-7-16(12-19(18)24-25)22-20(26)14-3-2-4-15(21)11-14/h2-12H,1H3,(H,22,26). The number of carbonyl (C=O) groups is 1. The Morgan fingerprint density at radius 2 is 1.73 bits per heavy atom. The zero-order chi connectivity index (χ0) is 18.1. The van der Waals surface area contributed by atoms with Crippen molar-refractivity contribution in [2.45, 2.75) is 6.92 Å². The van der Waals surface area contributed by atoms with Crippen LogP contribution in [-0.2, 0) is 0 Å². The third kappa shape index (κ3) is 3.45. The van der Waals surface area contributed by atoms with E-state index in [4.69, 9.17) is 0 Å². The minimum Gasteiger partial charge on any atom is -0.322 e. The molecule has 26 heavy (non-hydrogen) atoms. The normalized spacial score (nSPS) is 10.8. The second-order valence-electron chi connectivity index (χ2n) is 5.99. The number of aryl methyl sites for hydroxylation is 1. The van der Waals surface area contributed by atoms with Gasteiger partial charge in [0.05, 0.1) is 5.69 Å². The average Bonchev–Trinajstić information content (AvgIpc) is 3.05. The second kappa shape index (κ2) is 6.87. The summed E-state index contributed by atoms with van der Waals surface area (Å²) < 4.78 is 1.02. The van der Waals surface area contributed by atoms with Crippen LogP contribution < -0.4 is 5.32 Å². The first-order chi connectivity index (χ1) is 12.6. The first-order valence-corrected chi connectivity index (χ1v) is 9.17. The van der Waals surface area contributed by atoms with Crippen LogP contribution in [0, 0.1) is 10.5 Å². The van der Waals surface area contributed by atoms with Crippen molar-refractivity contribution in [3.05, 3.63) is 81.4 Å². The lowest BCUT2D eigenvalue weighted by molar-refractivity contribution is 0.102. The van der Waals surface area contributed by atoms with Crippen molar-refractivity contribution in [3.8, 4) is 5.69 Å². The molecule has 128 valence electrons. The lowest BCUT2D eigenvalue weighted by Crippen LogP contribution is -2.11. The number of halogens is 1. The quantitative estimate of drug-likeness (QED) is 0.461. The van der Waals surface area contributed by atoms with Gasteiger partial charge in [0.25, 0.3) is 5.91 Å². The van der Waals surface area contributed by atoms with Gasteiger partial charge in [0.2, 0.25) is 0 Å². The molecule has 4 aromatic rings. The van der Waals surface area contributed by atoms with E-state index in [2.05, 4.69) is 38.1 Å². The lowest BCUT2D eigenvalue weighted by atomic mass is 10.2. The summed E-state index contributed by atoms with van der Waals surface area (Å²) in [4.78, 5) is 14.0. The van der Waals surface area contributed by atoms with Crippen LogP contribution in [0.4, 0.5) is 5.69 Å². The Morgan fingerprint density at radius 1 is 0.962 bits per heavy atom. The molecule has 0 fully saturated rings. The molecular formula is C20H15IN4O. The summed E-state index contributed by atoms with van der Waals surface area (Å²) in [7, 11) is 0. The van der Waals surface area contributed by atoms with E-state index in [-0.39, 0.29) is 5.91 Å². The Hall–Kier alpha value is -2.74. The van der Waals surface area contributed by atoms with Gasteiger partial charge in [0, 0.05) is 14.8 Å². The first-order valence-electron chi connectivity index (χ1n) is 8.09. The highest BCUT2D eigenvalue weighted by molar-refractivity contribution is 14.1. The van der Waals surface area contributed by atoms with Gasteiger partial charge >= 0.3 is 0 Å². The second-order valence-corrected chi connectivity index (χ2v) is 7.24. The SMILES string of the molecule is Cc1ccc(-n2nc3ccc(NC(=O)c4cccc(I)c4)cc3n2)cc1. The maximum absolute atomic E-state index is 12.4. The van der Waals surface area contributed by atoms with Crippen LogP contribution in [0.5, 0.6) is 0 Å². The molecule has 0 bridgehead atoms. The summed E-state index contributed by atoms with van der Waals surface area (Å²) in [5, 5.41) is 11.9. The van der Waals surface area contributed by atoms with Crippen LogP contribution in [0.1, 0.15) is 15.9 Å². The van der Waals surface area contributed by atoms with Crippen LogP contribution in [0.25, 0.3) is 16.7 Å². The van der Waals surface area contributed by atoms with Gasteiger partial charge in [-0.1, -0.05) is 23.8 Å². The molecule has 0 aliphatic rings. The van der Waals surface area contributed by atoms with Gasteiger partial charge in [-0.2, -0.15) is 4.80 Å². The highest BCUT2D eigenvalue weighted by Gasteiger charge is 2.09. The molecule has 1 heterocycles. The maximum atomic E-state index is 12.4. The number of nitrogens with one attached hydrogen (secondary N) is 1. The van der Waals surface area contributed by atoms with E-state index in [0.717, 1.165) is 20.3 Å². The molecule has 1 amide bonds. The zero-order valence-corrected chi connectivity index (χ0v) is 16.1. The average molecular weight is 454 g/mol. The predicted molar refractivity (Wildman–Crippen MR) is 111 cm³/mol. The molecule has 0 atom stereocenters. The topological polar surface area (TPSA) is 59.8 Å². The first kappa shape index (κ1) is 16.7. The molecule has 0 aliphatic heterocycles. The molecule has 5 nitrogen and oxygen atoms in total. The van der Waals surface area contributed by atoms with Crippen LogP contribution in [0.3, 0.4) is 0 Å². The summed E-state index contributed by atoms with van der Waals surface area (Å²) in [6, 6.07) is 21.0. The van der Waals surface area contributed by atoms with Crippen molar-refractivity contribution >= 4 is 45.2 Å². The van der Waals surface area contributed by atoms with Crippen molar-refractivity contribution < 1.29 is 4.79 Å². The number of hydrogen-bond acceptors (Lipinski definition) is 3. The molecular weight excluding hydrogens is 439 g/mol. The number of carbonyl (C=O) groups excluding carboxylic acids is 1. The fraction of sp³-hybridized carbons (Fsp3) is 0.0500. The minimum absolute atomic E-state index is 0.145. The van der Waals surface area contributed by atoms with Crippen LogP contribution >= 0.6 is 22.6 Å². The van der Waals surface area contributed by atoms with E-state index >= 15 is 0 Å². The van der Waals surface area contributed by atoms with E-state index in [1.54, 1.807) is 10.9 Å². The smallest absolute Gasteiger partial charge is 0.255 e. The highest BCUT2D eigenvalue weighted by Crippen LogP contribution is 2.19. The number of anilines is 1. The number of hydrogen-bond donors (Lipinski definition) is 1. The Balaban J connectivity index is 1.61. The van der Waals surface area contributed by atoms with Gasteiger partial charge in [-0.15, -0.1) is 10.2 Å². The summed E-state index contributed by atoms with van der Waals surface area (Å²) in [5.74, 6) is -0.145. The third-order valence-corrected chi connectivity index (χ3v) is 4.66. The number of rotatable bonds is 3. The van der Waals surface area contributed by atoms with Crippen molar-refractivity contribution in [2.24, 2.45) is 0 Å². The Labute approximate surface area is 164 Å². The molecule has 0 unspecified atom stereocenters. The molecule has 0 saturated heterocycles. The Morgan fingerprint density at radius 3 is 2.50 bits per heavy atom.